The molecule has 1 heterocycles. The fraction of sp³-hybridized carbons (Fsp3) is 0.923. The van der Waals surface area contributed by atoms with Crippen molar-refractivity contribution < 1.29 is 13.2 Å². The molecule has 0 bridgehead atoms. The van der Waals surface area contributed by atoms with Crippen LogP contribution >= 0.6 is 0 Å². The van der Waals surface area contributed by atoms with E-state index >= 15 is 0 Å². The maximum absolute atomic E-state index is 12.3. The van der Waals surface area contributed by atoms with Crippen LogP contribution in [-0.2, 0) is 14.8 Å². The van der Waals surface area contributed by atoms with E-state index in [1.165, 1.54) is 4.31 Å². The minimum atomic E-state index is -3.28. The Morgan fingerprint density at radius 1 is 1.19 bits per heavy atom. The number of nitrogens with zero attached hydrogens (tertiary/aromatic N) is 2. The van der Waals surface area contributed by atoms with E-state index in [1.807, 2.05) is 27.7 Å². The van der Waals surface area contributed by atoms with E-state index in [-0.39, 0.29) is 24.5 Å². The lowest BCUT2D eigenvalue weighted by Crippen LogP contribution is -2.49. The quantitative estimate of drug-likeness (QED) is 0.532. The summed E-state index contributed by atoms with van der Waals surface area (Å²) in [6, 6.07) is 0. The first-order valence-electron chi connectivity index (χ1n) is 7.54. The van der Waals surface area contributed by atoms with Crippen LogP contribution in [-0.4, -0.2) is 69.4 Å². The first kappa shape index (κ1) is 18.2. The average Bonchev–Trinajstić information content (AvgIpc) is 2.38. The fourth-order valence-electron chi connectivity index (χ4n) is 2.27. The van der Waals surface area contributed by atoms with Crippen molar-refractivity contribution in [2.24, 2.45) is 4.99 Å². The van der Waals surface area contributed by atoms with Gasteiger partial charge in [-0.2, -0.15) is 4.31 Å². The molecule has 0 aliphatic carbocycles. The molecule has 1 aliphatic heterocycles. The summed E-state index contributed by atoms with van der Waals surface area (Å²) >= 11 is 0. The molecule has 0 aromatic heterocycles. The second-order valence-electron chi connectivity index (χ2n) is 5.18. The predicted octanol–water partition coefficient (Wildman–Crippen LogP) is 0.000400. The van der Waals surface area contributed by atoms with E-state index in [2.05, 4.69) is 15.6 Å². The molecule has 1 saturated heterocycles. The second kappa shape index (κ2) is 8.55. The topological polar surface area (TPSA) is 83.0 Å². The molecule has 2 unspecified atom stereocenters. The Balaban J connectivity index is 2.57. The highest BCUT2D eigenvalue weighted by Crippen LogP contribution is 2.14. The van der Waals surface area contributed by atoms with Gasteiger partial charge in [-0.25, -0.2) is 8.42 Å². The number of rotatable bonds is 6. The molecule has 8 heteroatoms. The summed E-state index contributed by atoms with van der Waals surface area (Å²) in [6.07, 6.45) is -0.128. The molecule has 0 aromatic rings. The Morgan fingerprint density at radius 2 is 1.71 bits per heavy atom. The van der Waals surface area contributed by atoms with Crippen molar-refractivity contribution in [1.29, 1.82) is 0 Å². The van der Waals surface area contributed by atoms with Crippen molar-refractivity contribution in [2.75, 3.05) is 38.5 Å². The summed E-state index contributed by atoms with van der Waals surface area (Å²) in [5, 5.41) is 6.15. The van der Waals surface area contributed by atoms with Gasteiger partial charge in [0.15, 0.2) is 5.96 Å². The lowest BCUT2D eigenvalue weighted by molar-refractivity contribution is -0.0440. The Hall–Kier alpha value is -0.860. The van der Waals surface area contributed by atoms with Crippen LogP contribution < -0.4 is 10.6 Å². The zero-order valence-corrected chi connectivity index (χ0v) is 14.2. The van der Waals surface area contributed by atoms with Crippen LogP contribution in [0.3, 0.4) is 0 Å². The number of nitrogens with one attached hydrogen (secondary N) is 2. The molecule has 2 N–H and O–H groups in total. The van der Waals surface area contributed by atoms with Gasteiger partial charge in [-0.15, -0.1) is 0 Å². The molecule has 0 aromatic carbocycles. The smallest absolute Gasteiger partial charge is 0.216 e. The summed E-state index contributed by atoms with van der Waals surface area (Å²) in [4.78, 5) is 4.28. The highest BCUT2D eigenvalue weighted by molar-refractivity contribution is 7.89. The van der Waals surface area contributed by atoms with E-state index in [0.29, 0.717) is 19.0 Å². The van der Waals surface area contributed by atoms with Gasteiger partial charge in [-0.05, 0) is 27.7 Å². The van der Waals surface area contributed by atoms with E-state index in [4.69, 9.17) is 4.74 Å². The van der Waals surface area contributed by atoms with Crippen molar-refractivity contribution in [3.63, 3.8) is 0 Å². The zero-order valence-electron chi connectivity index (χ0n) is 13.4. The summed E-state index contributed by atoms with van der Waals surface area (Å²) in [5.74, 6) is 0.672. The van der Waals surface area contributed by atoms with E-state index < -0.39 is 10.0 Å². The molecular weight excluding hydrogens is 292 g/mol. The van der Waals surface area contributed by atoms with Gasteiger partial charge in [0.1, 0.15) is 0 Å². The van der Waals surface area contributed by atoms with E-state index in [1.54, 1.807) is 0 Å². The third-order valence-electron chi connectivity index (χ3n) is 3.09. The molecule has 0 amide bonds. The van der Waals surface area contributed by atoms with Crippen LogP contribution in [0.15, 0.2) is 4.99 Å². The Bertz CT molecular complexity index is 421. The lowest BCUT2D eigenvalue weighted by atomic mass is 10.3. The molecule has 1 aliphatic rings. The summed E-state index contributed by atoms with van der Waals surface area (Å²) in [7, 11) is -3.28. The highest BCUT2D eigenvalue weighted by Gasteiger charge is 2.30. The first-order chi connectivity index (χ1) is 9.89. The van der Waals surface area contributed by atoms with Crippen LogP contribution in [0.4, 0.5) is 0 Å². The van der Waals surface area contributed by atoms with E-state index in [0.717, 1.165) is 13.1 Å². The third kappa shape index (κ3) is 6.19. The molecule has 124 valence electrons. The normalized spacial score (nSPS) is 23.6. The van der Waals surface area contributed by atoms with Crippen LogP contribution in [0.25, 0.3) is 0 Å². The van der Waals surface area contributed by atoms with Gasteiger partial charge in [0.2, 0.25) is 10.0 Å². The van der Waals surface area contributed by atoms with Gasteiger partial charge in [-0.1, -0.05) is 0 Å². The lowest BCUT2D eigenvalue weighted by Gasteiger charge is -2.34. The molecule has 21 heavy (non-hydrogen) atoms. The van der Waals surface area contributed by atoms with Gasteiger partial charge < -0.3 is 15.4 Å². The minimum Gasteiger partial charge on any atom is -0.373 e. The molecule has 7 nitrogen and oxygen atoms in total. The van der Waals surface area contributed by atoms with Crippen molar-refractivity contribution in [3.05, 3.63) is 0 Å². The number of hydrogen-bond acceptors (Lipinski definition) is 4. The number of guanidine groups is 1. The van der Waals surface area contributed by atoms with Gasteiger partial charge in [0, 0.05) is 26.2 Å². The molecule has 0 saturated carbocycles. The zero-order chi connectivity index (χ0) is 15.9. The number of aliphatic imine (C=N–C) groups is 1. The largest absolute Gasteiger partial charge is 0.373 e. The van der Waals surface area contributed by atoms with Crippen LogP contribution in [0.2, 0.25) is 0 Å². The molecule has 1 rings (SSSR count). The van der Waals surface area contributed by atoms with Gasteiger partial charge in [0.05, 0.1) is 24.5 Å². The van der Waals surface area contributed by atoms with Gasteiger partial charge >= 0.3 is 0 Å². The molecule has 2 atom stereocenters. The fourth-order valence-corrected chi connectivity index (χ4v) is 3.72. The SMILES string of the molecule is CCNC(=NCCS(=O)(=O)N1CC(C)OC(C)C1)NCC. The number of sulfonamides is 1. The Labute approximate surface area is 128 Å². The first-order valence-corrected chi connectivity index (χ1v) is 9.15. The summed E-state index contributed by atoms with van der Waals surface area (Å²) < 4.78 is 31.7. The Kier molecular flexibility index (Phi) is 7.41. The third-order valence-corrected chi connectivity index (χ3v) is 4.87. The maximum Gasteiger partial charge on any atom is 0.216 e. The average molecular weight is 320 g/mol. The van der Waals surface area contributed by atoms with Gasteiger partial charge in [0.25, 0.3) is 0 Å². The molecular formula is C13H28N4O3S. The van der Waals surface area contributed by atoms with Crippen molar-refractivity contribution in [1.82, 2.24) is 14.9 Å². The molecule has 0 spiro atoms. The second-order valence-corrected chi connectivity index (χ2v) is 7.27. The number of hydrogen-bond donors (Lipinski definition) is 2. The van der Waals surface area contributed by atoms with E-state index in [9.17, 15) is 8.42 Å². The van der Waals surface area contributed by atoms with Gasteiger partial charge in [-0.3, -0.25) is 4.99 Å². The molecule has 1 fully saturated rings. The maximum atomic E-state index is 12.3. The minimum absolute atomic E-state index is 0.0206. The molecule has 0 radical (unpaired) electrons. The standard InChI is InChI=1S/C13H28N4O3S/c1-5-14-13(15-6-2)16-7-8-21(18,19)17-9-11(3)20-12(4)10-17/h11-12H,5-10H2,1-4H3,(H2,14,15,16). The van der Waals surface area contributed by atoms with Crippen molar-refractivity contribution in [2.45, 2.75) is 39.9 Å². The van der Waals surface area contributed by atoms with Crippen molar-refractivity contribution >= 4 is 16.0 Å². The summed E-state index contributed by atoms with van der Waals surface area (Å²) in [5.41, 5.74) is 0. The van der Waals surface area contributed by atoms with Crippen molar-refractivity contribution in [3.8, 4) is 0 Å². The monoisotopic (exact) mass is 320 g/mol. The van der Waals surface area contributed by atoms with Crippen LogP contribution in [0.1, 0.15) is 27.7 Å². The number of ether oxygens (including phenoxy) is 1. The highest BCUT2D eigenvalue weighted by atomic mass is 32.2. The van der Waals surface area contributed by atoms with Crippen LogP contribution in [0, 0.1) is 0 Å². The summed E-state index contributed by atoms with van der Waals surface area (Å²) in [6.45, 7) is 10.3. The van der Waals surface area contributed by atoms with Crippen LogP contribution in [0.5, 0.6) is 0 Å². The Morgan fingerprint density at radius 3 is 2.19 bits per heavy atom. The number of morpholine rings is 1. The predicted molar refractivity (Wildman–Crippen MR) is 85.0 cm³/mol.